The van der Waals surface area contributed by atoms with Gasteiger partial charge in [-0.05, 0) is 24.2 Å². The van der Waals surface area contributed by atoms with Crippen LogP contribution in [-0.4, -0.2) is 50.5 Å². The Balaban J connectivity index is 2.65. The highest BCUT2D eigenvalue weighted by atomic mass is 15.3. The minimum absolute atomic E-state index is 0.341. The van der Waals surface area contributed by atoms with Crippen LogP contribution < -0.4 is 0 Å². The lowest BCUT2D eigenvalue weighted by atomic mass is 9.78. The predicted octanol–water partition coefficient (Wildman–Crippen LogP) is 2.68. The fourth-order valence-corrected chi connectivity index (χ4v) is 2.79. The van der Waals surface area contributed by atoms with Gasteiger partial charge in [0.05, 0.1) is 0 Å². The second kappa shape index (κ2) is 5.74. The van der Waals surface area contributed by atoms with Crippen LogP contribution in [0.4, 0.5) is 0 Å². The van der Waals surface area contributed by atoms with Crippen LogP contribution in [0.2, 0.25) is 0 Å². The van der Waals surface area contributed by atoms with E-state index in [1.54, 1.807) is 0 Å². The van der Waals surface area contributed by atoms with Gasteiger partial charge in [-0.2, -0.15) is 0 Å². The van der Waals surface area contributed by atoms with E-state index >= 15 is 0 Å². The second-order valence-electron chi connectivity index (χ2n) is 6.38. The van der Waals surface area contributed by atoms with E-state index in [2.05, 4.69) is 51.8 Å². The molecule has 0 aromatic carbocycles. The third-order valence-electron chi connectivity index (χ3n) is 3.89. The number of guanidine groups is 1. The summed E-state index contributed by atoms with van der Waals surface area (Å²) < 4.78 is 0. The molecule has 3 nitrogen and oxygen atoms in total. The Bertz CT molecular complexity index is 251. The van der Waals surface area contributed by atoms with E-state index in [0.29, 0.717) is 5.41 Å². The third-order valence-corrected chi connectivity index (χ3v) is 3.89. The van der Waals surface area contributed by atoms with E-state index < -0.39 is 0 Å². The Kier molecular flexibility index (Phi) is 4.84. The summed E-state index contributed by atoms with van der Waals surface area (Å²) in [5.41, 5.74) is 0.341. The largest absolute Gasteiger partial charge is 0.349 e. The van der Waals surface area contributed by atoms with Gasteiger partial charge in [0.2, 0.25) is 0 Å². The Hall–Kier alpha value is -0.730. The second-order valence-corrected chi connectivity index (χ2v) is 6.38. The summed E-state index contributed by atoms with van der Waals surface area (Å²) in [4.78, 5) is 8.98. The average molecular weight is 239 g/mol. The number of aliphatic imine (C=N–C) groups is 1. The molecule has 0 heterocycles. The molecule has 1 rings (SSSR count). The van der Waals surface area contributed by atoms with Crippen molar-refractivity contribution in [2.24, 2.45) is 16.3 Å². The van der Waals surface area contributed by atoms with E-state index in [1.165, 1.54) is 25.7 Å². The summed E-state index contributed by atoms with van der Waals surface area (Å²) in [6, 6.07) is 0. The lowest BCUT2D eigenvalue weighted by molar-refractivity contribution is 0.226. The summed E-state index contributed by atoms with van der Waals surface area (Å²) in [5.74, 6) is 1.92. The molecule has 0 amide bonds. The van der Waals surface area contributed by atoms with E-state index in [1.807, 2.05) is 0 Å². The molecule has 1 fully saturated rings. The Morgan fingerprint density at radius 2 is 1.53 bits per heavy atom. The van der Waals surface area contributed by atoms with Gasteiger partial charge >= 0.3 is 0 Å². The highest BCUT2D eigenvalue weighted by molar-refractivity contribution is 5.79. The van der Waals surface area contributed by atoms with E-state index in [4.69, 9.17) is 4.99 Å². The van der Waals surface area contributed by atoms with Crippen LogP contribution in [0.25, 0.3) is 0 Å². The molecule has 0 aromatic rings. The van der Waals surface area contributed by atoms with E-state index in [9.17, 15) is 0 Å². The van der Waals surface area contributed by atoms with Gasteiger partial charge in [0.15, 0.2) is 5.96 Å². The van der Waals surface area contributed by atoms with Crippen molar-refractivity contribution < 1.29 is 0 Å². The molecular weight excluding hydrogens is 210 g/mol. The molecule has 100 valence electrons. The zero-order valence-electron chi connectivity index (χ0n) is 12.5. The molecule has 17 heavy (non-hydrogen) atoms. The van der Waals surface area contributed by atoms with Crippen molar-refractivity contribution >= 4 is 5.96 Å². The van der Waals surface area contributed by atoms with Gasteiger partial charge in [0.1, 0.15) is 0 Å². The van der Waals surface area contributed by atoms with Gasteiger partial charge in [-0.1, -0.05) is 26.7 Å². The molecule has 0 saturated heterocycles. The van der Waals surface area contributed by atoms with Crippen LogP contribution in [0, 0.1) is 11.3 Å². The molecule has 1 aliphatic rings. The van der Waals surface area contributed by atoms with Crippen molar-refractivity contribution in [3.05, 3.63) is 0 Å². The number of hydrogen-bond acceptors (Lipinski definition) is 1. The predicted molar refractivity (Wildman–Crippen MR) is 75.4 cm³/mol. The molecule has 1 aliphatic carbocycles. The van der Waals surface area contributed by atoms with Crippen LogP contribution in [0.5, 0.6) is 0 Å². The van der Waals surface area contributed by atoms with Crippen molar-refractivity contribution in [3.63, 3.8) is 0 Å². The van der Waals surface area contributed by atoms with E-state index in [0.717, 1.165) is 18.4 Å². The highest BCUT2D eigenvalue weighted by Gasteiger charge is 2.31. The van der Waals surface area contributed by atoms with Crippen molar-refractivity contribution in [2.75, 3.05) is 34.7 Å². The van der Waals surface area contributed by atoms with Crippen LogP contribution in [0.15, 0.2) is 4.99 Å². The Morgan fingerprint density at radius 1 is 1.06 bits per heavy atom. The third kappa shape index (κ3) is 3.90. The molecule has 0 N–H and O–H groups in total. The molecule has 3 heteroatoms. The van der Waals surface area contributed by atoms with Crippen LogP contribution in [0.3, 0.4) is 0 Å². The standard InChI is InChI=1S/C14H29N3/c1-14(2,12-9-7-8-10-12)11-15-13(16(3)4)17(5)6/h12H,7-11H2,1-6H3. The lowest BCUT2D eigenvalue weighted by Gasteiger charge is -2.31. The zero-order chi connectivity index (χ0) is 13.1. The number of nitrogens with zero attached hydrogens (tertiary/aromatic N) is 3. The zero-order valence-corrected chi connectivity index (χ0v) is 12.5. The molecule has 0 radical (unpaired) electrons. The average Bonchev–Trinajstić information content (AvgIpc) is 2.69. The van der Waals surface area contributed by atoms with Crippen LogP contribution in [-0.2, 0) is 0 Å². The topological polar surface area (TPSA) is 18.8 Å². The van der Waals surface area contributed by atoms with Gasteiger partial charge in [0, 0.05) is 34.7 Å². The molecule has 0 spiro atoms. The summed E-state index contributed by atoms with van der Waals surface area (Å²) in [6.07, 6.45) is 5.60. The van der Waals surface area contributed by atoms with Gasteiger partial charge < -0.3 is 9.80 Å². The summed E-state index contributed by atoms with van der Waals surface area (Å²) in [5, 5.41) is 0. The monoisotopic (exact) mass is 239 g/mol. The first-order chi connectivity index (χ1) is 7.84. The SMILES string of the molecule is CN(C)C(=NCC(C)(C)C1CCCC1)N(C)C. The van der Waals surface area contributed by atoms with Crippen LogP contribution in [0.1, 0.15) is 39.5 Å². The highest BCUT2D eigenvalue weighted by Crippen LogP contribution is 2.39. The van der Waals surface area contributed by atoms with Crippen molar-refractivity contribution in [1.29, 1.82) is 0 Å². The fourth-order valence-electron chi connectivity index (χ4n) is 2.79. The molecule has 0 bridgehead atoms. The fraction of sp³-hybridized carbons (Fsp3) is 0.929. The number of hydrogen-bond donors (Lipinski definition) is 0. The molecule has 0 aromatic heterocycles. The lowest BCUT2D eigenvalue weighted by Crippen LogP contribution is -2.37. The first-order valence-electron chi connectivity index (χ1n) is 6.73. The maximum absolute atomic E-state index is 4.81. The smallest absolute Gasteiger partial charge is 0.195 e. The first-order valence-corrected chi connectivity index (χ1v) is 6.73. The summed E-state index contributed by atoms with van der Waals surface area (Å²) >= 11 is 0. The normalized spacial score (nSPS) is 17.1. The Morgan fingerprint density at radius 3 is 1.94 bits per heavy atom. The number of rotatable bonds is 3. The van der Waals surface area contributed by atoms with Gasteiger partial charge in [-0.25, -0.2) is 0 Å². The molecule has 1 saturated carbocycles. The van der Waals surface area contributed by atoms with Gasteiger partial charge in [-0.3, -0.25) is 4.99 Å². The minimum atomic E-state index is 0.341. The van der Waals surface area contributed by atoms with E-state index in [-0.39, 0.29) is 0 Å². The molecule has 0 atom stereocenters. The summed E-state index contributed by atoms with van der Waals surface area (Å²) in [6.45, 7) is 5.67. The van der Waals surface area contributed by atoms with Crippen molar-refractivity contribution in [3.8, 4) is 0 Å². The Labute approximate surface area is 107 Å². The van der Waals surface area contributed by atoms with Gasteiger partial charge in [-0.15, -0.1) is 0 Å². The first kappa shape index (κ1) is 14.3. The maximum atomic E-state index is 4.81. The van der Waals surface area contributed by atoms with Gasteiger partial charge in [0.25, 0.3) is 0 Å². The van der Waals surface area contributed by atoms with Crippen LogP contribution >= 0.6 is 0 Å². The molecular formula is C14H29N3. The molecule has 0 aliphatic heterocycles. The van der Waals surface area contributed by atoms with Crippen molar-refractivity contribution in [1.82, 2.24) is 9.80 Å². The minimum Gasteiger partial charge on any atom is -0.349 e. The summed E-state index contributed by atoms with van der Waals surface area (Å²) in [7, 11) is 8.23. The molecule has 0 unspecified atom stereocenters. The maximum Gasteiger partial charge on any atom is 0.195 e. The van der Waals surface area contributed by atoms with Crippen molar-refractivity contribution in [2.45, 2.75) is 39.5 Å². The quantitative estimate of drug-likeness (QED) is 0.557.